The van der Waals surface area contributed by atoms with Crippen LogP contribution in [0, 0.1) is 0 Å². The number of allylic oxidation sites excluding steroid dienone is 3. The Hall–Kier alpha value is -0.250. The summed E-state index contributed by atoms with van der Waals surface area (Å²) in [7, 11) is 0.402. The zero-order chi connectivity index (χ0) is 26.5. The molecule has 4 saturated carbocycles. The number of hydrogen-bond donors (Lipinski definition) is 0. The van der Waals surface area contributed by atoms with Crippen LogP contribution in [0.1, 0.15) is 141 Å². The van der Waals surface area contributed by atoms with Crippen molar-refractivity contribution in [3.05, 3.63) is 36.0 Å². The molecule has 1 nitrogen and oxygen atoms in total. The van der Waals surface area contributed by atoms with Crippen LogP contribution in [0.3, 0.4) is 0 Å². The van der Waals surface area contributed by atoms with Crippen LogP contribution in [0.25, 0.3) is 0 Å². The van der Waals surface area contributed by atoms with Gasteiger partial charge in [-0.15, -0.1) is 7.92 Å². The van der Waals surface area contributed by atoms with Crippen LogP contribution in [-0.4, -0.2) is 47.2 Å². The molecule has 0 N–H and O–H groups in total. The monoisotopic (exact) mass is 567 g/mol. The van der Waals surface area contributed by atoms with Gasteiger partial charge in [-0.1, -0.05) is 115 Å². The molecule has 0 amide bonds. The third-order valence-electron chi connectivity index (χ3n) is 10.8. The van der Waals surface area contributed by atoms with Crippen LogP contribution in [0.15, 0.2) is 40.9 Å². The summed E-state index contributed by atoms with van der Waals surface area (Å²) in [5.41, 5.74) is 5.77. The van der Waals surface area contributed by atoms with Crippen molar-refractivity contribution < 1.29 is 0 Å². The zero-order valence-electron chi connectivity index (χ0n) is 25.2. The molecule has 3 heteroatoms. The lowest BCUT2D eigenvalue weighted by molar-refractivity contribution is 0.484. The van der Waals surface area contributed by atoms with Gasteiger partial charge in [-0.2, -0.15) is 0 Å². The van der Waals surface area contributed by atoms with Crippen LogP contribution in [0.4, 0.5) is 0 Å². The van der Waals surface area contributed by atoms with Gasteiger partial charge < -0.3 is 0 Å². The number of hydrogen-bond acceptors (Lipinski definition) is 1. The van der Waals surface area contributed by atoms with E-state index in [1.807, 2.05) is 0 Å². The summed E-state index contributed by atoms with van der Waals surface area (Å²) < 4.78 is 0. The lowest BCUT2D eigenvalue weighted by atomic mass is 9.99. The Balaban J connectivity index is 1.15. The number of rotatable bonds is 11. The van der Waals surface area contributed by atoms with Gasteiger partial charge in [-0.3, -0.25) is 4.99 Å². The Kier molecular flexibility index (Phi) is 13.2. The van der Waals surface area contributed by atoms with Crippen molar-refractivity contribution in [2.24, 2.45) is 4.99 Å². The van der Waals surface area contributed by atoms with Gasteiger partial charge in [0, 0.05) is 6.21 Å². The maximum Gasteiger partial charge on any atom is 0.0926 e. The Morgan fingerprint density at radius 3 is 1.46 bits per heavy atom. The van der Waals surface area contributed by atoms with Crippen molar-refractivity contribution >= 4 is 22.1 Å². The molecule has 0 aliphatic heterocycles. The van der Waals surface area contributed by atoms with Crippen LogP contribution in [-0.2, 0) is 0 Å². The minimum absolute atomic E-state index is 0.197. The fourth-order valence-electron chi connectivity index (χ4n) is 8.62. The van der Waals surface area contributed by atoms with Gasteiger partial charge in [0.25, 0.3) is 0 Å². The molecule has 0 aromatic carbocycles. The minimum atomic E-state index is 0.197. The molecule has 5 aliphatic rings. The van der Waals surface area contributed by atoms with Crippen molar-refractivity contribution in [2.45, 2.75) is 170 Å². The highest BCUT2D eigenvalue weighted by molar-refractivity contribution is 7.59. The standard InChI is InChI=1S/C36H59NP2/c1-5-19-32(20-6-1)38(33-21-7-2-8-22-33)29-15-18-31-17-13-14-27-36(31)37-28-16-30-39(34-23-9-3-10-24-34)35-25-11-4-12-26-35/h13-14,17-18,27-28,32-36H,1-12,15-16,19-26,29-30H2. The highest BCUT2D eigenvalue weighted by atomic mass is 31.1. The van der Waals surface area contributed by atoms with Gasteiger partial charge >= 0.3 is 0 Å². The largest absolute Gasteiger partial charge is 0.285 e. The molecule has 0 heterocycles. The van der Waals surface area contributed by atoms with E-state index < -0.39 is 0 Å². The van der Waals surface area contributed by atoms with Gasteiger partial charge in [0.15, 0.2) is 0 Å². The van der Waals surface area contributed by atoms with Crippen molar-refractivity contribution in [1.29, 1.82) is 0 Å². The predicted octanol–water partition coefficient (Wildman–Crippen LogP) is 11.6. The van der Waals surface area contributed by atoms with Gasteiger partial charge in [0.1, 0.15) is 0 Å². The molecular formula is C36H59NP2. The van der Waals surface area contributed by atoms with Crippen molar-refractivity contribution in [1.82, 2.24) is 0 Å². The van der Waals surface area contributed by atoms with E-state index in [4.69, 9.17) is 4.99 Å². The predicted molar refractivity (Wildman–Crippen MR) is 179 cm³/mol. The molecule has 0 spiro atoms. The summed E-state index contributed by atoms with van der Waals surface area (Å²) >= 11 is 0. The van der Waals surface area contributed by atoms with Crippen LogP contribution in [0.2, 0.25) is 0 Å². The number of nitrogens with zero attached hydrogens (tertiary/aromatic N) is 1. The smallest absolute Gasteiger partial charge is 0.0926 e. The lowest BCUT2D eigenvalue weighted by Gasteiger charge is -2.38. The molecular weight excluding hydrogens is 508 g/mol. The van der Waals surface area contributed by atoms with Crippen molar-refractivity contribution in [3.8, 4) is 0 Å². The van der Waals surface area contributed by atoms with E-state index >= 15 is 0 Å². The Bertz CT molecular complexity index is 768. The average Bonchev–Trinajstić information content (AvgIpc) is 3.02. The maximum atomic E-state index is 5.19. The average molecular weight is 568 g/mol. The third-order valence-corrected chi connectivity index (χ3v) is 18.1. The molecule has 1 unspecified atom stereocenters. The summed E-state index contributed by atoms with van der Waals surface area (Å²) in [5, 5.41) is 0. The molecule has 0 radical (unpaired) electrons. The molecule has 218 valence electrons. The highest BCUT2D eigenvalue weighted by Crippen LogP contribution is 2.57. The van der Waals surface area contributed by atoms with Crippen molar-refractivity contribution in [3.63, 3.8) is 0 Å². The van der Waals surface area contributed by atoms with E-state index in [1.54, 1.807) is 25.7 Å². The van der Waals surface area contributed by atoms with Crippen LogP contribution >= 0.6 is 15.8 Å². The third kappa shape index (κ3) is 9.37. The number of aliphatic imine (C=N–C) groups is 1. The first kappa shape index (κ1) is 30.2. The van der Waals surface area contributed by atoms with Gasteiger partial charge in [-0.25, -0.2) is 0 Å². The van der Waals surface area contributed by atoms with Gasteiger partial charge in [-0.05, 0) is 105 Å². The first-order chi connectivity index (χ1) is 19.4. The second kappa shape index (κ2) is 17.0. The summed E-state index contributed by atoms with van der Waals surface area (Å²) in [5.74, 6) is 0. The highest BCUT2D eigenvalue weighted by Gasteiger charge is 2.31. The van der Waals surface area contributed by atoms with Crippen LogP contribution < -0.4 is 0 Å². The molecule has 4 fully saturated rings. The van der Waals surface area contributed by atoms with E-state index in [1.165, 1.54) is 133 Å². The Morgan fingerprint density at radius 2 is 1.00 bits per heavy atom. The van der Waals surface area contributed by atoms with E-state index in [9.17, 15) is 0 Å². The second-order valence-electron chi connectivity index (χ2n) is 13.4. The second-order valence-corrected chi connectivity index (χ2v) is 19.3. The maximum absolute atomic E-state index is 5.19. The quantitative estimate of drug-likeness (QED) is 0.174. The summed E-state index contributed by atoms with van der Waals surface area (Å²) in [4.78, 5) is 5.19. The fourth-order valence-corrected chi connectivity index (χ4v) is 16.2. The lowest BCUT2D eigenvalue weighted by Crippen LogP contribution is -2.22. The normalized spacial score (nSPS) is 27.9. The first-order valence-electron chi connectivity index (χ1n) is 17.5. The van der Waals surface area contributed by atoms with Crippen molar-refractivity contribution in [2.75, 3.05) is 12.3 Å². The summed E-state index contributed by atoms with van der Waals surface area (Å²) in [6, 6.07) is 0.265. The van der Waals surface area contributed by atoms with Crippen LogP contribution in [0.5, 0.6) is 0 Å². The van der Waals surface area contributed by atoms with E-state index in [0.29, 0.717) is 0 Å². The van der Waals surface area contributed by atoms with E-state index in [2.05, 4.69) is 36.6 Å². The Labute approximate surface area is 244 Å². The van der Waals surface area contributed by atoms with Gasteiger partial charge in [0.2, 0.25) is 0 Å². The fraction of sp³-hybridized carbons (Fsp3) is 0.806. The molecule has 5 aliphatic carbocycles. The molecule has 5 rings (SSSR count). The summed E-state index contributed by atoms with van der Waals surface area (Å²) in [6.07, 6.45) is 49.9. The van der Waals surface area contributed by atoms with Gasteiger partial charge in [0.05, 0.1) is 6.04 Å². The zero-order valence-corrected chi connectivity index (χ0v) is 27.0. The minimum Gasteiger partial charge on any atom is -0.285 e. The summed E-state index contributed by atoms with van der Waals surface area (Å²) in [6.45, 7) is 0. The molecule has 39 heavy (non-hydrogen) atoms. The topological polar surface area (TPSA) is 12.4 Å². The SMILES string of the molecule is C1=CC(=CCCP(C2CCCCC2)C2CCCCC2)C(N=CCCP(C2CCCCC2)C2CCCCC2)C=C1. The Morgan fingerprint density at radius 1 is 0.564 bits per heavy atom. The molecule has 0 aromatic rings. The first-order valence-corrected chi connectivity index (χ1v) is 20.8. The molecule has 0 bridgehead atoms. The molecule has 1 atom stereocenters. The molecule has 0 aromatic heterocycles. The van der Waals surface area contributed by atoms with E-state index in [0.717, 1.165) is 22.6 Å². The van der Waals surface area contributed by atoms with E-state index in [-0.39, 0.29) is 21.9 Å². The molecule has 0 saturated heterocycles.